The zero-order chi connectivity index (χ0) is 16.8. The Kier molecular flexibility index (Phi) is 5.72. The molecule has 0 saturated heterocycles. The van der Waals surface area contributed by atoms with Crippen molar-refractivity contribution in [1.82, 2.24) is 5.32 Å². The number of amides is 1. The van der Waals surface area contributed by atoms with Crippen molar-refractivity contribution in [3.63, 3.8) is 0 Å². The van der Waals surface area contributed by atoms with Crippen LogP contribution in [0.15, 0.2) is 46.9 Å². The van der Waals surface area contributed by atoms with Crippen LogP contribution in [0.4, 0.5) is 4.39 Å². The van der Waals surface area contributed by atoms with Crippen LogP contribution in [0.25, 0.3) is 0 Å². The SMILES string of the molecule is C[C@H](Oc1ccc(C#N)cc1)C(=O)NCc1cc(F)ccc1Br. The molecule has 0 unspecified atom stereocenters. The van der Waals surface area contributed by atoms with Crippen LogP contribution >= 0.6 is 15.9 Å². The molecular formula is C17H14BrFN2O2. The number of hydrogen-bond donors (Lipinski definition) is 1. The van der Waals surface area contributed by atoms with Crippen LogP contribution in [0.3, 0.4) is 0 Å². The van der Waals surface area contributed by atoms with Crippen LogP contribution in [0.2, 0.25) is 0 Å². The summed E-state index contributed by atoms with van der Waals surface area (Å²) in [5.41, 5.74) is 1.16. The third-order valence-electron chi connectivity index (χ3n) is 3.13. The maximum atomic E-state index is 13.2. The molecule has 1 atom stereocenters. The molecule has 4 nitrogen and oxygen atoms in total. The Labute approximate surface area is 142 Å². The predicted molar refractivity (Wildman–Crippen MR) is 87.2 cm³/mol. The molecule has 0 saturated carbocycles. The van der Waals surface area contributed by atoms with E-state index in [0.717, 1.165) is 4.47 Å². The van der Waals surface area contributed by atoms with Crippen molar-refractivity contribution in [2.75, 3.05) is 0 Å². The van der Waals surface area contributed by atoms with Gasteiger partial charge in [-0.3, -0.25) is 4.79 Å². The highest BCUT2D eigenvalue weighted by Gasteiger charge is 2.15. The summed E-state index contributed by atoms with van der Waals surface area (Å²) in [5.74, 6) is -0.177. The Hall–Kier alpha value is -2.39. The fourth-order valence-corrected chi connectivity index (χ4v) is 2.26. The molecule has 0 aliphatic carbocycles. The zero-order valence-corrected chi connectivity index (χ0v) is 13.9. The van der Waals surface area contributed by atoms with Crippen molar-refractivity contribution >= 4 is 21.8 Å². The number of nitrogens with one attached hydrogen (secondary N) is 1. The van der Waals surface area contributed by atoms with Gasteiger partial charge >= 0.3 is 0 Å². The second-order valence-electron chi connectivity index (χ2n) is 4.85. The second-order valence-corrected chi connectivity index (χ2v) is 5.70. The van der Waals surface area contributed by atoms with Crippen molar-refractivity contribution in [2.45, 2.75) is 19.6 Å². The average molecular weight is 377 g/mol. The van der Waals surface area contributed by atoms with Gasteiger partial charge in [0, 0.05) is 11.0 Å². The van der Waals surface area contributed by atoms with E-state index in [1.54, 1.807) is 37.3 Å². The Morgan fingerprint density at radius 3 is 2.70 bits per heavy atom. The number of nitrogens with zero attached hydrogens (tertiary/aromatic N) is 1. The van der Waals surface area contributed by atoms with Crippen LogP contribution < -0.4 is 10.1 Å². The van der Waals surface area contributed by atoms with Gasteiger partial charge in [-0.05, 0) is 55.0 Å². The molecule has 0 fully saturated rings. The normalized spacial score (nSPS) is 11.4. The van der Waals surface area contributed by atoms with E-state index in [0.29, 0.717) is 16.9 Å². The first-order valence-electron chi connectivity index (χ1n) is 6.88. The summed E-state index contributed by atoms with van der Waals surface area (Å²) >= 11 is 3.31. The second kappa shape index (κ2) is 7.75. The molecule has 6 heteroatoms. The Morgan fingerprint density at radius 2 is 2.04 bits per heavy atom. The molecule has 1 N–H and O–H groups in total. The van der Waals surface area contributed by atoms with Crippen LogP contribution in [0, 0.1) is 17.1 Å². The van der Waals surface area contributed by atoms with Gasteiger partial charge in [0.25, 0.3) is 5.91 Å². The van der Waals surface area contributed by atoms with Gasteiger partial charge in [-0.15, -0.1) is 0 Å². The van der Waals surface area contributed by atoms with Crippen LogP contribution in [-0.2, 0) is 11.3 Å². The summed E-state index contributed by atoms with van der Waals surface area (Å²) in [6.45, 7) is 1.81. The van der Waals surface area contributed by atoms with Crippen molar-refractivity contribution in [3.05, 3.63) is 63.9 Å². The summed E-state index contributed by atoms with van der Waals surface area (Å²) in [6.07, 6.45) is -0.713. The number of ether oxygens (including phenoxy) is 1. The summed E-state index contributed by atoms with van der Waals surface area (Å²) < 4.78 is 19.4. The van der Waals surface area contributed by atoms with Crippen molar-refractivity contribution in [2.24, 2.45) is 0 Å². The zero-order valence-electron chi connectivity index (χ0n) is 12.3. The van der Waals surface area contributed by atoms with Crippen LogP contribution in [0.5, 0.6) is 5.75 Å². The van der Waals surface area contributed by atoms with E-state index in [1.807, 2.05) is 6.07 Å². The van der Waals surface area contributed by atoms with E-state index in [1.165, 1.54) is 12.1 Å². The Balaban J connectivity index is 1.92. The lowest BCUT2D eigenvalue weighted by molar-refractivity contribution is -0.127. The molecule has 0 radical (unpaired) electrons. The Morgan fingerprint density at radius 1 is 1.35 bits per heavy atom. The lowest BCUT2D eigenvalue weighted by atomic mass is 10.2. The van der Waals surface area contributed by atoms with Gasteiger partial charge < -0.3 is 10.1 Å². The topological polar surface area (TPSA) is 62.1 Å². The molecular weight excluding hydrogens is 363 g/mol. The first-order valence-corrected chi connectivity index (χ1v) is 7.67. The van der Waals surface area contributed by atoms with E-state index in [9.17, 15) is 9.18 Å². The molecule has 23 heavy (non-hydrogen) atoms. The Bertz CT molecular complexity index is 741. The number of carbonyl (C=O) groups is 1. The lowest BCUT2D eigenvalue weighted by Gasteiger charge is -2.15. The van der Waals surface area contributed by atoms with E-state index in [4.69, 9.17) is 10.00 Å². The molecule has 2 aromatic rings. The number of halogens is 2. The molecule has 2 aromatic carbocycles. The summed E-state index contributed by atoms with van der Waals surface area (Å²) in [6, 6.07) is 12.8. The molecule has 2 rings (SSSR count). The minimum absolute atomic E-state index is 0.193. The largest absolute Gasteiger partial charge is 0.481 e. The number of carbonyl (C=O) groups excluding carboxylic acids is 1. The minimum atomic E-state index is -0.713. The number of nitriles is 1. The molecule has 0 aromatic heterocycles. The van der Waals surface area contributed by atoms with Gasteiger partial charge in [0.1, 0.15) is 11.6 Å². The van der Waals surface area contributed by atoms with E-state index in [2.05, 4.69) is 21.2 Å². The monoisotopic (exact) mass is 376 g/mol. The van der Waals surface area contributed by atoms with Crippen molar-refractivity contribution in [1.29, 1.82) is 5.26 Å². The van der Waals surface area contributed by atoms with Gasteiger partial charge in [0.15, 0.2) is 6.10 Å². The first-order chi connectivity index (χ1) is 11.0. The first kappa shape index (κ1) is 17.0. The van der Waals surface area contributed by atoms with Gasteiger partial charge in [-0.1, -0.05) is 15.9 Å². The predicted octanol–water partition coefficient (Wildman–Crippen LogP) is 3.54. The maximum Gasteiger partial charge on any atom is 0.261 e. The molecule has 118 valence electrons. The average Bonchev–Trinajstić information content (AvgIpc) is 2.56. The summed E-state index contributed by atoms with van der Waals surface area (Å²) in [7, 11) is 0. The highest BCUT2D eigenvalue weighted by Crippen LogP contribution is 2.18. The van der Waals surface area contributed by atoms with E-state index >= 15 is 0 Å². The number of rotatable bonds is 5. The number of benzene rings is 2. The standard InChI is InChI=1S/C17H14BrFN2O2/c1-11(23-15-5-2-12(9-20)3-6-15)17(22)21-10-13-8-14(19)4-7-16(13)18/h2-8,11H,10H2,1H3,(H,21,22)/t11-/m0/s1. The van der Waals surface area contributed by atoms with E-state index in [-0.39, 0.29) is 18.3 Å². The van der Waals surface area contributed by atoms with Crippen molar-refractivity contribution in [3.8, 4) is 11.8 Å². The molecule has 0 aliphatic rings. The molecule has 0 spiro atoms. The van der Waals surface area contributed by atoms with Gasteiger partial charge in [-0.25, -0.2) is 4.39 Å². The molecule has 0 bridgehead atoms. The summed E-state index contributed by atoms with van der Waals surface area (Å²) in [5, 5.41) is 11.4. The van der Waals surface area contributed by atoms with Gasteiger partial charge in [0.05, 0.1) is 11.6 Å². The van der Waals surface area contributed by atoms with E-state index < -0.39 is 6.10 Å². The fourth-order valence-electron chi connectivity index (χ4n) is 1.87. The van der Waals surface area contributed by atoms with Crippen LogP contribution in [0.1, 0.15) is 18.1 Å². The lowest BCUT2D eigenvalue weighted by Crippen LogP contribution is -2.36. The maximum absolute atomic E-state index is 13.2. The molecule has 1 amide bonds. The van der Waals surface area contributed by atoms with Gasteiger partial charge in [-0.2, -0.15) is 5.26 Å². The van der Waals surface area contributed by atoms with Gasteiger partial charge in [0.2, 0.25) is 0 Å². The van der Waals surface area contributed by atoms with Crippen molar-refractivity contribution < 1.29 is 13.9 Å². The minimum Gasteiger partial charge on any atom is -0.481 e. The summed E-state index contributed by atoms with van der Waals surface area (Å²) in [4.78, 5) is 12.0. The highest BCUT2D eigenvalue weighted by atomic mass is 79.9. The smallest absolute Gasteiger partial charge is 0.261 e. The third kappa shape index (κ3) is 4.80. The number of hydrogen-bond acceptors (Lipinski definition) is 3. The molecule has 0 aliphatic heterocycles. The quantitative estimate of drug-likeness (QED) is 0.867. The molecule has 0 heterocycles. The third-order valence-corrected chi connectivity index (χ3v) is 3.90. The fraction of sp³-hybridized carbons (Fsp3) is 0.176. The highest BCUT2D eigenvalue weighted by molar-refractivity contribution is 9.10. The van der Waals surface area contributed by atoms with Crippen LogP contribution in [-0.4, -0.2) is 12.0 Å².